The second kappa shape index (κ2) is 6.92. The van der Waals surface area contributed by atoms with Gasteiger partial charge >= 0.3 is 0 Å². The van der Waals surface area contributed by atoms with E-state index in [1.165, 1.54) is 0 Å². The number of nitrogens with zero attached hydrogens (tertiary/aromatic N) is 1. The van der Waals surface area contributed by atoms with E-state index in [9.17, 15) is 0 Å². The number of allylic oxidation sites excluding steroid dienone is 8. The largest absolute Gasteiger partial charge is 0.324 e. The molecule has 1 heterocycles. The fourth-order valence-corrected chi connectivity index (χ4v) is 1.94. The van der Waals surface area contributed by atoms with Crippen molar-refractivity contribution in [2.75, 3.05) is 4.90 Å². The lowest BCUT2D eigenvalue weighted by molar-refractivity contribution is 1.28. The van der Waals surface area contributed by atoms with E-state index < -0.39 is 0 Å². The summed E-state index contributed by atoms with van der Waals surface area (Å²) in [4.78, 5) is 2.05. The molecule has 1 nitrogen and oxygen atoms in total. The van der Waals surface area contributed by atoms with Crippen LogP contribution in [0.3, 0.4) is 0 Å². The summed E-state index contributed by atoms with van der Waals surface area (Å²) in [7, 11) is 0. The van der Waals surface area contributed by atoms with Gasteiger partial charge in [0, 0.05) is 22.6 Å². The Kier molecular flexibility index (Phi) is 4.97. The van der Waals surface area contributed by atoms with Crippen LogP contribution in [0.25, 0.3) is 0 Å². The smallest absolute Gasteiger partial charge is 0.0450 e. The van der Waals surface area contributed by atoms with Crippen LogP contribution in [0.1, 0.15) is 0 Å². The molecule has 1 aromatic rings. The monoisotopic (exact) mass is 325 g/mol. The van der Waals surface area contributed by atoms with Crippen molar-refractivity contribution >= 4 is 21.6 Å². The maximum atomic E-state index is 3.97. The summed E-state index contributed by atoms with van der Waals surface area (Å²) in [5.74, 6) is 0. The Hall–Kier alpha value is -2.06. The number of halogens is 1. The molecule has 0 bridgehead atoms. The summed E-state index contributed by atoms with van der Waals surface area (Å²) in [5.41, 5.74) is 2.92. The molecule has 2 rings (SSSR count). The molecule has 0 aliphatic carbocycles. The molecule has 1 aromatic carbocycles. The van der Waals surface area contributed by atoms with Crippen molar-refractivity contribution in [3.8, 4) is 0 Å². The fraction of sp³-hybridized carbons (Fsp3) is 0. The normalized spacial score (nSPS) is 21.9. The van der Waals surface area contributed by atoms with Gasteiger partial charge in [0.1, 0.15) is 0 Å². The average molecular weight is 326 g/mol. The molecule has 1 aliphatic rings. The molecule has 0 atom stereocenters. The van der Waals surface area contributed by atoms with Crippen LogP contribution in [0.15, 0.2) is 102 Å². The summed E-state index contributed by atoms with van der Waals surface area (Å²) < 4.78 is 1.07. The van der Waals surface area contributed by atoms with Gasteiger partial charge in [-0.25, -0.2) is 0 Å². The molecule has 0 fully saturated rings. The molecule has 0 unspecified atom stereocenters. The van der Waals surface area contributed by atoms with E-state index in [0.717, 1.165) is 21.3 Å². The topological polar surface area (TPSA) is 3.24 Å². The van der Waals surface area contributed by atoms with Crippen molar-refractivity contribution in [3.05, 3.63) is 102 Å². The standard InChI is InChI=1S/C18H16BrN/c1-15-7-3-5-13-20(14-6-4-8-16(15)2)18-11-9-17(19)10-12-18/h3-14H,1-2H2/b7-3-,8-4-,13-5-,14-6-. The van der Waals surface area contributed by atoms with E-state index in [2.05, 4.69) is 46.1 Å². The minimum atomic E-state index is 0.913. The molecule has 2 heteroatoms. The minimum absolute atomic E-state index is 0.913. The number of rotatable bonds is 1. The van der Waals surface area contributed by atoms with Crippen molar-refractivity contribution in [2.45, 2.75) is 0 Å². The predicted octanol–water partition coefficient (Wildman–Crippen LogP) is 5.52. The molecule has 0 aromatic heterocycles. The van der Waals surface area contributed by atoms with E-state index in [-0.39, 0.29) is 0 Å². The SMILES string of the molecule is C=C1/C=C\C=C/N(c2ccc(Br)cc2)/C=C\C=C/C1=C. The molecule has 0 saturated heterocycles. The lowest BCUT2D eigenvalue weighted by atomic mass is 10.1. The van der Waals surface area contributed by atoms with Crippen LogP contribution in [-0.4, -0.2) is 0 Å². The maximum absolute atomic E-state index is 3.97. The highest BCUT2D eigenvalue weighted by molar-refractivity contribution is 9.10. The van der Waals surface area contributed by atoms with Crippen molar-refractivity contribution in [1.82, 2.24) is 0 Å². The van der Waals surface area contributed by atoms with Gasteiger partial charge in [-0.3, -0.25) is 0 Å². The zero-order valence-corrected chi connectivity index (χ0v) is 12.8. The predicted molar refractivity (Wildman–Crippen MR) is 91.5 cm³/mol. The van der Waals surface area contributed by atoms with Crippen molar-refractivity contribution in [3.63, 3.8) is 0 Å². The van der Waals surface area contributed by atoms with Gasteiger partial charge in [-0.2, -0.15) is 0 Å². The molecule has 0 saturated carbocycles. The second-order valence-electron chi connectivity index (χ2n) is 4.34. The zero-order valence-electron chi connectivity index (χ0n) is 11.2. The molecular formula is C18H16BrN. The van der Waals surface area contributed by atoms with E-state index in [1.54, 1.807) is 0 Å². The van der Waals surface area contributed by atoms with E-state index in [4.69, 9.17) is 0 Å². The second-order valence-corrected chi connectivity index (χ2v) is 5.25. The Morgan fingerprint density at radius 1 is 0.750 bits per heavy atom. The first kappa shape index (κ1) is 14.4. The molecule has 1 aliphatic heterocycles. The van der Waals surface area contributed by atoms with Crippen LogP contribution in [0.4, 0.5) is 5.69 Å². The van der Waals surface area contributed by atoms with Crippen LogP contribution in [-0.2, 0) is 0 Å². The Morgan fingerprint density at radius 2 is 1.25 bits per heavy atom. The van der Waals surface area contributed by atoms with Gasteiger partial charge in [-0.1, -0.05) is 53.4 Å². The van der Waals surface area contributed by atoms with Crippen molar-refractivity contribution < 1.29 is 0 Å². The summed E-state index contributed by atoms with van der Waals surface area (Å²) in [5, 5.41) is 0. The molecule has 0 amide bonds. The molecular weight excluding hydrogens is 310 g/mol. The minimum Gasteiger partial charge on any atom is -0.324 e. The van der Waals surface area contributed by atoms with Gasteiger partial charge in [0.15, 0.2) is 0 Å². The van der Waals surface area contributed by atoms with E-state index in [1.807, 2.05) is 61.0 Å². The van der Waals surface area contributed by atoms with Crippen molar-refractivity contribution in [1.29, 1.82) is 0 Å². The third-order valence-electron chi connectivity index (χ3n) is 2.85. The Labute approximate surface area is 128 Å². The summed E-state index contributed by atoms with van der Waals surface area (Å²) in [6, 6.07) is 8.17. The van der Waals surface area contributed by atoms with Crippen LogP contribution < -0.4 is 4.90 Å². The fourth-order valence-electron chi connectivity index (χ4n) is 1.68. The third kappa shape index (κ3) is 3.97. The lowest BCUT2D eigenvalue weighted by Gasteiger charge is -2.15. The molecule has 20 heavy (non-hydrogen) atoms. The van der Waals surface area contributed by atoms with E-state index >= 15 is 0 Å². The van der Waals surface area contributed by atoms with Crippen molar-refractivity contribution in [2.24, 2.45) is 0 Å². The van der Waals surface area contributed by atoms with Gasteiger partial charge in [-0.15, -0.1) is 0 Å². The van der Waals surface area contributed by atoms with Crippen LogP contribution in [0, 0.1) is 0 Å². The zero-order chi connectivity index (χ0) is 14.4. The van der Waals surface area contributed by atoms with Gasteiger partial charge in [-0.05, 0) is 47.6 Å². The van der Waals surface area contributed by atoms with Crippen LogP contribution in [0.2, 0.25) is 0 Å². The third-order valence-corrected chi connectivity index (χ3v) is 3.38. The number of anilines is 1. The van der Waals surface area contributed by atoms with E-state index in [0.29, 0.717) is 0 Å². The summed E-state index contributed by atoms with van der Waals surface area (Å²) >= 11 is 3.45. The first-order valence-electron chi connectivity index (χ1n) is 6.28. The number of hydrogen-bond donors (Lipinski definition) is 0. The van der Waals surface area contributed by atoms with Crippen LogP contribution in [0.5, 0.6) is 0 Å². The maximum Gasteiger partial charge on any atom is 0.0450 e. The highest BCUT2D eigenvalue weighted by Crippen LogP contribution is 2.19. The lowest BCUT2D eigenvalue weighted by Crippen LogP contribution is -2.05. The number of benzene rings is 1. The molecule has 100 valence electrons. The van der Waals surface area contributed by atoms with Crippen LogP contribution >= 0.6 is 15.9 Å². The average Bonchev–Trinajstić information content (AvgIpc) is 2.48. The van der Waals surface area contributed by atoms with Gasteiger partial charge in [0.05, 0.1) is 0 Å². The Morgan fingerprint density at radius 3 is 1.75 bits per heavy atom. The van der Waals surface area contributed by atoms with Gasteiger partial charge in [0.2, 0.25) is 0 Å². The first-order valence-corrected chi connectivity index (χ1v) is 7.08. The van der Waals surface area contributed by atoms with Gasteiger partial charge in [0.25, 0.3) is 0 Å². The molecule has 0 radical (unpaired) electrons. The number of hydrogen-bond acceptors (Lipinski definition) is 1. The summed E-state index contributed by atoms with van der Waals surface area (Å²) in [6.07, 6.45) is 15.8. The Balaban J connectivity index is 2.30. The quantitative estimate of drug-likeness (QED) is 0.657. The van der Waals surface area contributed by atoms with Gasteiger partial charge < -0.3 is 4.90 Å². The molecule has 0 spiro atoms. The molecule has 0 N–H and O–H groups in total. The first-order chi connectivity index (χ1) is 9.66. The highest BCUT2D eigenvalue weighted by atomic mass is 79.9. The summed E-state index contributed by atoms with van der Waals surface area (Å²) in [6.45, 7) is 7.94. The Bertz CT molecular complexity index is 581. The highest BCUT2D eigenvalue weighted by Gasteiger charge is 1.98.